The summed E-state index contributed by atoms with van der Waals surface area (Å²) in [6, 6.07) is 66.7. The zero-order chi connectivity index (χ0) is 35.8. The number of rotatable bonds is 6. The van der Waals surface area contributed by atoms with E-state index in [4.69, 9.17) is 9.97 Å². The Hall–Kier alpha value is -7.23. The molecule has 2 heterocycles. The van der Waals surface area contributed by atoms with Crippen molar-refractivity contribution < 1.29 is 0 Å². The van der Waals surface area contributed by atoms with E-state index in [9.17, 15) is 0 Å². The normalized spacial score (nSPS) is 11.3. The van der Waals surface area contributed by atoms with Gasteiger partial charge < -0.3 is 0 Å². The maximum atomic E-state index is 5.27. The first-order valence-electron chi connectivity index (χ1n) is 18.3. The van der Waals surface area contributed by atoms with Crippen molar-refractivity contribution in [3.63, 3.8) is 0 Å². The van der Waals surface area contributed by atoms with Gasteiger partial charge in [-0.15, -0.1) is 0 Å². The van der Waals surface area contributed by atoms with Crippen LogP contribution in [0.5, 0.6) is 0 Å². The van der Waals surface area contributed by atoms with Crippen molar-refractivity contribution in [1.82, 2.24) is 15.0 Å². The Balaban J connectivity index is 1.16. The number of fused-ring (bicyclic) bond motifs is 3. The quantitative estimate of drug-likeness (QED) is 0.163. The fourth-order valence-corrected chi connectivity index (χ4v) is 7.76. The fraction of sp³-hybridized carbons (Fsp3) is 0. The molecule has 0 amide bonds. The summed E-state index contributed by atoms with van der Waals surface area (Å²) in [7, 11) is 0. The van der Waals surface area contributed by atoms with Crippen LogP contribution in [0.25, 0.3) is 99.6 Å². The Kier molecular flexibility index (Phi) is 7.81. The first kappa shape index (κ1) is 31.5. The zero-order valence-corrected chi connectivity index (χ0v) is 29.4. The number of nitrogens with zero attached hydrogens (tertiary/aromatic N) is 3. The molecule has 0 saturated carbocycles. The van der Waals surface area contributed by atoms with Crippen molar-refractivity contribution in [1.29, 1.82) is 0 Å². The first-order valence-corrected chi connectivity index (χ1v) is 18.3. The van der Waals surface area contributed by atoms with Gasteiger partial charge in [0, 0.05) is 29.1 Å². The van der Waals surface area contributed by atoms with Crippen molar-refractivity contribution in [3.05, 3.63) is 200 Å². The molecule has 252 valence electrons. The summed E-state index contributed by atoms with van der Waals surface area (Å²) in [6.45, 7) is 0. The number of aromatic nitrogens is 3. The lowest BCUT2D eigenvalue weighted by Gasteiger charge is -2.18. The minimum Gasteiger partial charge on any atom is -0.264 e. The fourth-order valence-electron chi connectivity index (χ4n) is 7.76. The van der Waals surface area contributed by atoms with Gasteiger partial charge >= 0.3 is 0 Å². The molecule has 0 saturated heterocycles. The molecule has 0 aliphatic carbocycles. The van der Waals surface area contributed by atoms with Crippen LogP contribution in [0.2, 0.25) is 0 Å². The second-order valence-electron chi connectivity index (χ2n) is 13.6. The van der Waals surface area contributed by atoms with E-state index in [1.807, 2.05) is 12.3 Å². The molecule has 54 heavy (non-hydrogen) atoms. The lowest BCUT2D eigenvalue weighted by molar-refractivity contribution is 1.18. The van der Waals surface area contributed by atoms with Gasteiger partial charge in [0.25, 0.3) is 0 Å². The highest BCUT2D eigenvalue weighted by atomic mass is 14.9. The number of hydrogen-bond acceptors (Lipinski definition) is 3. The van der Waals surface area contributed by atoms with Gasteiger partial charge in [-0.25, -0.2) is 9.97 Å². The van der Waals surface area contributed by atoms with E-state index >= 15 is 0 Å². The van der Waals surface area contributed by atoms with Crippen LogP contribution >= 0.6 is 0 Å². The smallest absolute Gasteiger partial charge is 0.160 e. The zero-order valence-electron chi connectivity index (χ0n) is 29.4. The van der Waals surface area contributed by atoms with Gasteiger partial charge in [0.05, 0.1) is 11.4 Å². The topological polar surface area (TPSA) is 38.7 Å². The molecule has 3 nitrogen and oxygen atoms in total. The predicted molar refractivity (Wildman–Crippen MR) is 225 cm³/mol. The second-order valence-corrected chi connectivity index (χ2v) is 13.6. The number of hydrogen-bond donors (Lipinski definition) is 0. The van der Waals surface area contributed by atoms with E-state index in [0.717, 1.165) is 44.8 Å². The minimum atomic E-state index is 0.684. The molecule has 0 N–H and O–H groups in total. The SMILES string of the molecule is c1ccc(-c2c3ccccc3c(-c3cccc(-c4nc(-c5ccc(-c6cccnc6)cc5)cc(-c5ccc6ccccc6c5)n4)c3)c3ccccc23)cc1. The molecular weight excluding hydrogens is 655 g/mol. The van der Waals surface area contributed by atoms with Crippen LogP contribution in [0, 0.1) is 0 Å². The molecule has 0 fully saturated rings. The highest BCUT2D eigenvalue weighted by molar-refractivity contribution is 6.21. The van der Waals surface area contributed by atoms with Crippen molar-refractivity contribution in [3.8, 4) is 67.3 Å². The maximum absolute atomic E-state index is 5.27. The molecule has 10 rings (SSSR count). The molecular formula is C51H33N3. The highest BCUT2D eigenvalue weighted by Gasteiger charge is 2.18. The van der Waals surface area contributed by atoms with E-state index in [0.29, 0.717) is 5.82 Å². The molecule has 3 heteroatoms. The summed E-state index contributed by atoms with van der Waals surface area (Å²) in [4.78, 5) is 14.8. The predicted octanol–water partition coefficient (Wildman–Crippen LogP) is 13.3. The molecule has 0 bridgehead atoms. The average molecular weight is 688 g/mol. The van der Waals surface area contributed by atoms with Crippen LogP contribution < -0.4 is 0 Å². The van der Waals surface area contributed by atoms with Gasteiger partial charge in [-0.2, -0.15) is 0 Å². The van der Waals surface area contributed by atoms with Crippen molar-refractivity contribution in [2.45, 2.75) is 0 Å². The summed E-state index contributed by atoms with van der Waals surface area (Å²) in [5.41, 5.74) is 11.8. The Bertz CT molecular complexity index is 2910. The van der Waals surface area contributed by atoms with Gasteiger partial charge in [0.2, 0.25) is 0 Å². The number of pyridine rings is 1. The Morgan fingerprint density at radius 2 is 0.833 bits per heavy atom. The lowest BCUT2D eigenvalue weighted by atomic mass is 9.85. The maximum Gasteiger partial charge on any atom is 0.160 e. The van der Waals surface area contributed by atoms with Crippen molar-refractivity contribution >= 4 is 32.3 Å². The summed E-state index contributed by atoms with van der Waals surface area (Å²) in [5.74, 6) is 0.684. The Morgan fingerprint density at radius 3 is 1.52 bits per heavy atom. The third-order valence-corrected chi connectivity index (χ3v) is 10.4. The average Bonchev–Trinajstić information content (AvgIpc) is 3.26. The van der Waals surface area contributed by atoms with Gasteiger partial charge in [0.1, 0.15) is 0 Å². The van der Waals surface area contributed by atoms with E-state index in [1.54, 1.807) is 6.20 Å². The third-order valence-electron chi connectivity index (χ3n) is 10.4. The van der Waals surface area contributed by atoms with E-state index < -0.39 is 0 Å². The summed E-state index contributed by atoms with van der Waals surface area (Å²) in [5, 5.41) is 7.27. The van der Waals surface area contributed by atoms with Crippen LogP contribution in [0.15, 0.2) is 200 Å². The third kappa shape index (κ3) is 5.69. The van der Waals surface area contributed by atoms with E-state index in [-0.39, 0.29) is 0 Å². The molecule has 0 unspecified atom stereocenters. The van der Waals surface area contributed by atoms with Gasteiger partial charge in [0.15, 0.2) is 5.82 Å². The monoisotopic (exact) mass is 687 g/mol. The van der Waals surface area contributed by atoms with Crippen LogP contribution in [0.3, 0.4) is 0 Å². The molecule has 0 aliphatic heterocycles. The van der Waals surface area contributed by atoms with E-state index in [1.165, 1.54) is 49.0 Å². The van der Waals surface area contributed by atoms with Gasteiger partial charge in [-0.3, -0.25) is 4.98 Å². The molecule has 0 radical (unpaired) electrons. The lowest BCUT2D eigenvalue weighted by Crippen LogP contribution is -1.97. The van der Waals surface area contributed by atoms with E-state index in [2.05, 4.69) is 187 Å². The molecule has 0 spiro atoms. The second kappa shape index (κ2) is 13.4. The molecule has 0 aliphatic rings. The summed E-state index contributed by atoms with van der Waals surface area (Å²) < 4.78 is 0. The van der Waals surface area contributed by atoms with Crippen LogP contribution in [-0.2, 0) is 0 Å². The van der Waals surface area contributed by atoms with Crippen LogP contribution in [0.1, 0.15) is 0 Å². The Morgan fingerprint density at radius 1 is 0.296 bits per heavy atom. The number of benzene rings is 8. The molecule has 0 atom stereocenters. The molecule has 8 aromatic carbocycles. The van der Waals surface area contributed by atoms with Gasteiger partial charge in [-0.05, 0) is 90.0 Å². The molecule has 10 aromatic rings. The summed E-state index contributed by atoms with van der Waals surface area (Å²) in [6.07, 6.45) is 3.69. The standard InChI is InChI=1S/C51H33N3/c1-2-13-37(14-3-1)49-43-19-6-8-21-45(43)50(46-22-9-7-20-44(46)49)40-16-10-17-41(31-40)51-53-47(36-26-23-35(24-27-36)42-18-11-29-52-33-42)32-48(54-51)39-28-25-34-12-4-5-15-38(34)30-39/h1-33H. The van der Waals surface area contributed by atoms with Crippen LogP contribution in [0.4, 0.5) is 0 Å². The van der Waals surface area contributed by atoms with Crippen molar-refractivity contribution in [2.24, 2.45) is 0 Å². The molecule has 2 aromatic heterocycles. The summed E-state index contributed by atoms with van der Waals surface area (Å²) >= 11 is 0. The first-order chi connectivity index (χ1) is 26.8. The van der Waals surface area contributed by atoms with Gasteiger partial charge in [-0.1, -0.05) is 164 Å². The largest absolute Gasteiger partial charge is 0.264 e. The Labute approximate surface area is 313 Å². The van der Waals surface area contributed by atoms with Crippen molar-refractivity contribution in [2.75, 3.05) is 0 Å². The minimum absolute atomic E-state index is 0.684. The van der Waals surface area contributed by atoms with Crippen LogP contribution in [-0.4, -0.2) is 15.0 Å². The highest BCUT2D eigenvalue weighted by Crippen LogP contribution is 2.44.